The van der Waals surface area contributed by atoms with Gasteiger partial charge in [-0.2, -0.15) is 0 Å². The van der Waals surface area contributed by atoms with Gasteiger partial charge in [-0.05, 0) is 47.2 Å². The number of fused-ring (bicyclic) bond motifs is 1. The molecule has 0 aliphatic rings. The van der Waals surface area contributed by atoms with Crippen LogP contribution in [0.15, 0.2) is 73.1 Å². The molecule has 7 heteroatoms. The van der Waals surface area contributed by atoms with Gasteiger partial charge in [0.15, 0.2) is 0 Å². The molecule has 4 rings (SSSR count). The van der Waals surface area contributed by atoms with Crippen LogP contribution in [0.3, 0.4) is 0 Å². The molecule has 150 valence electrons. The summed E-state index contributed by atoms with van der Waals surface area (Å²) in [6, 6.07) is 20.1. The number of methoxy groups -OCH3 is 1. The Labute approximate surface area is 173 Å². The van der Waals surface area contributed by atoms with E-state index in [1.54, 1.807) is 32.4 Å². The molecule has 0 aliphatic carbocycles. The summed E-state index contributed by atoms with van der Waals surface area (Å²) in [6.07, 6.45) is 1.43. The summed E-state index contributed by atoms with van der Waals surface area (Å²) < 4.78 is 11.1. The van der Waals surface area contributed by atoms with E-state index in [0.717, 1.165) is 10.8 Å². The first kappa shape index (κ1) is 19.2. The van der Waals surface area contributed by atoms with E-state index >= 15 is 0 Å². The highest BCUT2D eigenvalue weighted by Crippen LogP contribution is 2.28. The fourth-order valence-corrected chi connectivity index (χ4v) is 3.08. The van der Waals surface area contributed by atoms with E-state index in [4.69, 9.17) is 9.47 Å². The van der Waals surface area contributed by atoms with Crippen LogP contribution < -0.4 is 20.1 Å². The van der Waals surface area contributed by atoms with Crippen molar-refractivity contribution in [2.24, 2.45) is 0 Å². The van der Waals surface area contributed by atoms with Gasteiger partial charge in [-0.25, -0.2) is 9.97 Å². The molecule has 2 N–H and O–H groups in total. The Kier molecular flexibility index (Phi) is 5.43. The zero-order valence-electron chi connectivity index (χ0n) is 16.5. The van der Waals surface area contributed by atoms with Gasteiger partial charge < -0.3 is 20.1 Å². The van der Waals surface area contributed by atoms with Gasteiger partial charge in [0.25, 0.3) is 5.91 Å². The topological polar surface area (TPSA) is 85.4 Å². The lowest BCUT2D eigenvalue weighted by Gasteiger charge is -2.11. The predicted molar refractivity (Wildman–Crippen MR) is 117 cm³/mol. The number of carbonyl (C=O) groups excluding carboxylic acids is 1. The van der Waals surface area contributed by atoms with Gasteiger partial charge in [-0.15, -0.1) is 0 Å². The summed E-state index contributed by atoms with van der Waals surface area (Å²) in [6.45, 7) is 0. The summed E-state index contributed by atoms with van der Waals surface area (Å²) >= 11 is 0. The van der Waals surface area contributed by atoms with Crippen molar-refractivity contribution < 1.29 is 14.3 Å². The molecule has 1 amide bonds. The third kappa shape index (κ3) is 4.15. The van der Waals surface area contributed by atoms with Crippen molar-refractivity contribution >= 4 is 28.2 Å². The molecular formula is C23H20N4O3. The summed E-state index contributed by atoms with van der Waals surface area (Å²) in [5, 5.41) is 7.57. The van der Waals surface area contributed by atoms with Crippen LogP contribution in [0.25, 0.3) is 10.8 Å². The Morgan fingerprint density at radius 2 is 1.80 bits per heavy atom. The Morgan fingerprint density at radius 1 is 0.933 bits per heavy atom. The van der Waals surface area contributed by atoms with Crippen molar-refractivity contribution in [3.63, 3.8) is 0 Å². The highest BCUT2D eigenvalue weighted by atomic mass is 16.5. The molecule has 0 saturated heterocycles. The fraction of sp³-hybridized carbons (Fsp3) is 0.0870. The third-order valence-corrected chi connectivity index (χ3v) is 4.54. The molecular weight excluding hydrogens is 380 g/mol. The Morgan fingerprint density at radius 3 is 2.63 bits per heavy atom. The number of carbonyl (C=O) groups is 1. The molecule has 0 aliphatic heterocycles. The second kappa shape index (κ2) is 8.48. The lowest BCUT2D eigenvalue weighted by molar-refractivity contribution is 0.102. The Balaban J connectivity index is 1.59. The molecule has 0 spiro atoms. The van der Waals surface area contributed by atoms with Crippen molar-refractivity contribution in [2.75, 3.05) is 24.8 Å². The number of rotatable bonds is 6. The normalized spacial score (nSPS) is 10.5. The molecule has 1 aromatic heterocycles. The first-order valence-electron chi connectivity index (χ1n) is 9.32. The summed E-state index contributed by atoms with van der Waals surface area (Å²) in [5.74, 6) is 2.20. The smallest absolute Gasteiger partial charge is 0.256 e. The predicted octanol–water partition coefficient (Wildman–Crippen LogP) is 4.72. The number of nitrogens with one attached hydrogen (secondary N) is 2. The molecule has 7 nitrogen and oxygen atoms in total. The maximum atomic E-state index is 12.9. The summed E-state index contributed by atoms with van der Waals surface area (Å²) in [4.78, 5) is 21.1. The number of nitrogens with zero attached hydrogens (tertiary/aromatic N) is 2. The van der Waals surface area contributed by atoms with Gasteiger partial charge in [0, 0.05) is 30.4 Å². The van der Waals surface area contributed by atoms with Gasteiger partial charge >= 0.3 is 0 Å². The highest BCUT2D eigenvalue weighted by molar-refractivity contribution is 6.13. The van der Waals surface area contributed by atoms with Gasteiger partial charge in [-0.3, -0.25) is 4.79 Å². The number of aromatic nitrogens is 2. The SMILES string of the molecule is CNc1cc(Oc2ccc3c(C(=O)Nc4cccc(OC)c4)cccc3c2)ncn1. The molecule has 0 fully saturated rings. The van der Waals surface area contributed by atoms with E-state index in [0.29, 0.717) is 34.4 Å². The van der Waals surface area contributed by atoms with Gasteiger partial charge in [-0.1, -0.05) is 18.2 Å². The second-order valence-electron chi connectivity index (χ2n) is 6.47. The van der Waals surface area contributed by atoms with Crippen LogP contribution in [-0.4, -0.2) is 30.0 Å². The van der Waals surface area contributed by atoms with Crippen LogP contribution in [0.2, 0.25) is 0 Å². The number of anilines is 2. The number of hydrogen-bond donors (Lipinski definition) is 2. The van der Waals surface area contributed by atoms with E-state index < -0.39 is 0 Å². The van der Waals surface area contributed by atoms with Gasteiger partial charge in [0.2, 0.25) is 5.88 Å². The summed E-state index contributed by atoms with van der Waals surface area (Å²) in [7, 11) is 3.37. The number of hydrogen-bond acceptors (Lipinski definition) is 6. The first-order chi connectivity index (χ1) is 14.7. The molecule has 0 atom stereocenters. The molecule has 30 heavy (non-hydrogen) atoms. The number of benzene rings is 3. The molecule has 1 heterocycles. The Bertz CT molecular complexity index is 1210. The van der Waals surface area contributed by atoms with E-state index in [1.807, 2.05) is 48.5 Å². The third-order valence-electron chi connectivity index (χ3n) is 4.54. The quantitative estimate of drug-likeness (QED) is 0.487. The largest absolute Gasteiger partial charge is 0.497 e. The van der Waals surface area contributed by atoms with Crippen molar-refractivity contribution in [2.45, 2.75) is 0 Å². The molecule has 0 unspecified atom stereocenters. The van der Waals surface area contributed by atoms with Gasteiger partial charge in [0.1, 0.15) is 23.6 Å². The van der Waals surface area contributed by atoms with E-state index in [1.165, 1.54) is 6.33 Å². The van der Waals surface area contributed by atoms with Crippen molar-refractivity contribution in [1.29, 1.82) is 0 Å². The van der Waals surface area contributed by atoms with Crippen LogP contribution in [0.5, 0.6) is 17.4 Å². The summed E-state index contributed by atoms with van der Waals surface area (Å²) in [5.41, 5.74) is 1.24. The minimum Gasteiger partial charge on any atom is -0.497 e. The molecule has 0 saturated carbocycles. The van der Waals surface area contributed by atoms with E-state index in [2.05, 4.69) is 20.6 Å². The first-order valence-corrected chi connectivity index (χ1v) is 9.32. The van der Waals surface area contributed by atoms with Crippen molar-refractivity contribution in [3.8, 4) is 17.4 Å². The lowest BCUT2D eigenvalue weighted by atomic mass is 10.0. The zero-order chi connectivity index (χ0) is 20.9. The second-order valence-corrected chi connectivity index (χ2v) is 6.47. The van der Waals surface area contributed by atoms with Crippen LogP contribution in [0.4, 0.5) is 11.5 Å². The average Bonchev–Trinajstić information content (AvgIpc) is 2.78. The number of amides is 1. The van der Waals surface area contributed by atoms with Crippen LogP contribution in [0.1, 0.15) is 10.4 Å². The standard InChI is InChI=1S/C23H20N4O3/c1-24-21-13-22(26-14-25-21)30-18-9-10-19-15(11-18)5-3-8-20(19)23(28)27-16-6-4-7-17(12-16)29-2/h3-14H,1-2H3,(H,27,28)(H,24,25,26). The maximum absolute atomic E-state index is 12.9. The van der Waals surface area contributed by atoms with E-state index in [-0.39, 0.29) is 5.91 Å². The average molecular weight is 400 g/mol. The number of ether oxygens (including phenoxy) is 2. The lowest BCUT2D eigenvalue weighted by Crippen LogP contribution is -2.12. The van der Waals surface area contributed by atoms with Crippen molar-refractivity contribution in [1.82, 2.24) is 9.97 Å². The van der Waals surface area contributed by atoms with Gasteiger partial charge in [0.05, 0.1) is 7.11 Å². The molecule has 4 aromatic rings. The monoisotopic (exact) mass is 400 g/mol. The molecule has 3 aromatic carbocycles. The minimum absolute atomic E-state index is 0.197. The van der Waals surface area contributed by atoms with Crippen LogP contribution >= 0.6 is 0 Å². The zero-order valence-corrected chi connectivity index (χ0v) is 16.5. The molecule has 0 radical (unpaired) electrons. The fourth-order valence-electron chi connectivity index (χ4n) is 3.08. The van der Waals surface area contributed by atoms with Crippen LogP contribution in [-0.2, 0) is 0 Å². The Hall–Kier alpha value is -4.13. The van der Waals surface area contributed by atoms with Crippen LogP contribution in [0, 0.1) is 0 Å². The maximum Gasteiger partial charge on any atom is 0.256 e. The van der Waals surface area contributed by atoms with Crippen molar-refractivity contribution in [3.05, 3.63) is 78.6 Å². The van der Waals surface area contributed by atoms with E-state index in [9.17, 15) is 4.79 Å². The highest BCUT2D eigenvalue weighted by Gasteiger charge is 2.12. The minimum atomic E-state index is -0.197. The molecule has 0 bridgehead atoms.